The van der Waals surface area contributed by atoms with Gasteiger partial charge in [0.15, 0.2) is 5.13 Å². The number of halogens is 1. The Kier molecular flexibility index (Phi) is 5.14. The number of aromatic nitrogens is 5. The molecule has 140 valence electrons. The molecule has 7 nitrogen and oxygen atoms in total. The van der Waals surface area contributed by atoms with Crippen LogP contribution in [0.15, 0.2) is 54.9 Å². The highest BCUT2D eigenvalue weighted by atomic mass is 35.5. The molecule has 2 heterocycles. The van der Waals surface area contributed by atoms with Crippen LogP contribution in [-0.2, 0) is 6.42 Å². The van der Waals surface area contributed by atoms with Gasteiger partial charge in [0.1, 0.15) is 6.33 Å². The standard InChI is InChI=1S/C19H15ClN6OS/c1-12-17(10-13-3-2-4-15(20)9-13)28-19(22-12)23-18(27)14-5-7-16(8-6-14)26-11-21-24-25-26/h2-9,11H,10H2,1H3,(H,22,23,27). The number of amides is 1. The van der Waals surface area contributed by atoms with Crippen LogP contribution in [0.5, 0.6) is 0 Å². The number of carbonyl (C=O) groups is 1. The Bertz CT molecular complexity index is 1110. The first-order valence-corrected chi connectivity index (χ1v) is 9.63. The maximum atomic E-state index is 12.5. The van der Waals surface area contributed by atoms with E-state index in [4.69, 9.17) is 11.6 Å². The minimum absolute atomic E-state index is 0.216. The number of nitrogens with one attached hydrogen (secondary N) is 1. The smallest absolute Gasteiger partial charge is 0.257 e. The first-order chi connectivity index (χ1) is 13.6. The van der Waals surface area contributed by atoms with Crippen LogP contribution in [0.4, 0.5) is 5.13 Å². The monoisotopic (exact) mass is 410 g/mol. The zero-order valence-electron chi connectivity index (χ0n) is 14.8. The Hall–Kier alpha value is -3.10. The number of thiazole rings is 1. The average Bonchev–Trinajstić information content (AvgIpc) is 3.32. The summed E-state index contributed by atoms with van der Waals surface area (Å²) < 4.78 is 1.52. The summed E-state index contributed by atoms with van der Waals surface area (Å²) in [5.74, 6) is -0.216. The topological polar surface area (TPSA) is 85.6 Å². The summed E-state index contributed by atoms with van der Waals surface area (Å²) in [6.07, 6.45) is 2.22. The number of anilines is 1. The molecule has 0 aliphatic rings. The predicted molar refractivity (Wildman–Crippen MR) is 108 cm³/mol. The molecule has 28 heavy (non-hydrogen) atoms. The molecule has 0 spiro atoms. The van der Waals surface area contributed by atoms with Gasteiger partial charge in [-0.15, -0.1) is 16.4 Å². The molecule has 1 N–H and O–H groups in total. The van der Waals surface area contributed by atoms with E-state index >= 15 is 0 Å². The lowest BCUT2D eigenvalue weighted by Crippen LogP contribution is -2.11. The van der Waals surface area contributed by atoms with E-state index in [-0.39, 0.29) is 5.91 Å². The minimum Gasteiger partial charge on any atom is -0.298 e. The molecule has 1 amide bonds. The van der Waals surface area contributed by atoms with E-state index in [1.54, 1.807) is 24.3 Å². The summed E-state index contributed by atoms with van der Waals surface area (Å²) >= 11 is 7.52. The third-order valence-corrected chi connectivity index (χ3v) is 5.42. The highest BCUT2D eigenvalue weighted by molar-refractivity contribution is 7.15. The minimum atomic E-state index is -0.216. The van der Waals surface area contributed by atoms with E-state index in [0.29, 0.717) is 15.7 Å². The average molecular weight is 411 g/mol. The molecule has 2 aromatic carbocycles. The molecule has 4 rings (SSSR count). The van der Waals surface area contributed by atoms with Gasteiger partial charge in [-0.05, 0) is 59.3 Å². The van der Waals surface area contributed by atoms with Crippen LogP contribution in [0.25, 0.3) is 5.69 Å². The summed E-state index contributed by atoms with van der Waals surface area (Å²) in [5.41, 5.74) is 3.31. The zero-order chi connectivity index (χ0) is 19.5. The second kappa shape index (κ2) is 7.87. The Labute approximate surface area is 170 Å². The quantitative estimate of drug-likeness (QED) is 0.538. The Morgan fingerprint density at radius 3 is 2.75 bits per heavy atom. The summed E-state index contributed by atoms with van der Waals surface area (Å²) in [4.78, 5) is 18.1. The van der Waals surface area contributed by atoms with Crippen LogP contribution in [0.1, 0.15) is 26.5 Å². The van der Waals surface area contributed by atoms with Crippen molar-refractivity contribution in [3.8, 4) is 5.69 Å². The fraction of sp³-hybridized carbons (Fsp3) is 0.105. The largest absolute Gasteiger partial charge is 0.298 e. The van der Waals surface area contributed by atoms with Crippen LogP contribution >= 0.6 is 22.9 Å². The van der Waals surface area contributed by atoms with Gasteiger partial charge < -0.3 is 0 Å². The zero-order valence-corrected chi connectivity index (χ0v) is 16.4. The van der Waals surface area contributed by atoms with Gasteiger partial charge in [0, 0.05) is 21.9 Å². The molecule has 2 aromatic heterocycles. The van der Waals surface area contributed by atoms with Gasteiger partial charge >= 0.3 is 0 Å². The molecule has 4 aromatic rings. The van der Waals surface area contributed by atoms with Crippen LogP contribution in [-0.4, -0.2) is 31.1 Å². The van der Waals surface area contributed by atoms with E-state index in [1.165, 1.54) is 22.3 Å². The fourth-order valence-corrected chi connectivity index (χ4v) is 3.90. The van der Waals surface area contributed by atoms with Crippen molar-refractivity contribution in [1.82, 2.24) is 25.2 Å². The number of hydrogen-bond acceptors (Lipinski definition) is 6. The van der Waals surface area contributed by atoms with Gasteiger partial charge in [-0.1, -0.05) is 23.7 Å². The van der Waals surface area contributed by atoms with Crippen LogP contribution in [0.2, 0.25) is 5.02 Å². The summed E-state index contributed by atoms with van der Waals surface area (Å²) in [7, 11) is 0. The van der Waals surface area contributed by atoms with Gasteiger partial charge in [0.05, 0.1) is 11.4 Å². The number of tetrazole rings is 1. The maximum absolute atomic E-state index is 12.5. The van der Waals surface area contributed by atoms with E-state index in [1.807, 2.05) is 31.2 Å². The van der Waals surface area contributed by atoms with Gasteiger partial charge in [-0.25, -0.2) is 9.67 Å². The van der Waals surface area contributed by atoms with E-state index in [2.05, 4.69) is 25.8 Å². The van der Waals surface area contributed by atoms with Crippen molar-refractivity contribution in [3.05, 3.63) is 81.6 Å². The summed E-state index contributed by atoms with van der Waals surface area (Å²) in [6.45, 7) is 1.94. The van der Waals surface area contributed by atoms with Crippen molar-refractivity contribution in [1.29, 1.82) is 0 Å². The van der Waals surface area contributed by atoms with E-state index in [9.17, 15) is 4.79 Å². The van der Waals surface area contributed by atoms with Gasteiger partial charge in [-0.2, -0.15) is 0 Å². The van der Waals surface area contributed by atoms with Gasteiger partial charge in [0.25, 0.3) is 5.91 Å². The lowest BCUT2D eigenvalue weighted by atomic mass is 10.1. The third-order valence-electron chi connectivity index (χ3n) is 4.11. The van der Waals surface area contributed by atoms with Crippen LogP contribution < -0.4 is 5.32 Å². The lowest BCUT2D eigenvalue weighted by molar-refractivity contribution is 0.102. The molecular formula is C19H15ClN6OS. The number of hydrogen-bond donors (Lipinski definition) is 1. The normalized spacial score (nSPS) is 10.8. The van der Waals surface area contributed by atoms with E-state index in [0.717, 1.165) is 28.2 Å². The summed E-state index contributed by atoms with van der Waals surface area (Å²) in [5, 5.41) is 15.2. The Morgan fingerprint density at radius 1 is 1.21 bits per heavy atom. The Balaban J connectivity index is 1.46. The van der Waals surface area contributed by atoms with Crippen LogP contribution in [0.3, 0.4) is 0 Å². The van der Waals surface area contributed by atoms with Crippen molar-refractivity contribution < 1.29 is 4.79 Å². The molecule has 0 fully saturated rings. The second-order valence-electron chi connectivity index (χ2n) is 6.09. The molecule has 0 unspecified atom stereocenters. The number of benzene rings is 2. The fourth-order valence-electron chi connectivity index (χ4n) is 2.69. The first kappa shape index (κ1) is 18.3. The van der Waals surface area contributed by atoms with Crippen molar-refractivity contribution in [2.24, 2.45) is 0 Å². The summed E-state index contributed by atoms with van der Waals surface area (Å²) in [6, 6.07) is 14.7. The Morgan fingerprint density at radius 2 is 2.04 bits per heavy atom. The molecule has 9 heteroatoms. The second-order valence-corrected chi connectivity index (χ2v) is 7.61. The number of rotatable bonds is 5. The molecule has 0 aliphatic carbocycles. The maximum Gasteiger partial charge on any atom is 0.257 e. The van der Waals surface area contributed by atoms with E-state index < -0.39 is 0 Å². The molecule has 0 radical (unpaired) electrons. The lowest BCUT2D eigenvalue weighted by Gasteiger charge is -2.03. The third kappa shape index (κ3) is 4.08. The molecule has 0 saturated heterocycles. The number of nitrogens with zero attached hydrogens (tertiary/aromatic N) is 5. The highest BCUT2D eigenvalue weighted by Gasteiger charge is 2.13. The number of aryl methyl sites for hydroxylation is 1. The van der Waals surface area contributed by atoms with Crippen molar-refractivity contribution in [2.75, 3.05) is 5.32 Å². The van der Waals surface area contributed by atoms with Crippen molar-refractivity contribution >= 4 is 34.0 Å². The highest BCUT2D eigenvalue weighted by Crippen LogP contribution is 2.26. The van der Waals surface area contributed by atoms with Crippen molar-refractivity contribution in [3.63, 3.8) is 0 Å². The molecule has 0 bridgehead atoms. The molecule has 0 saturated carbocycles. The van der Waals surface area contributed by atoms with Gasteiger partial charge in [0.2, 0.25) is 0 Å². The predicted octanol–water partition coefficient (Wildman–Crippen LogP) is 3.92. The molecule has 0 aliphatic heterocycles. The molecular weight excluding hydrogens is 396 g/mol. The van der Waals surface area contributed by atoms with Gasteiger partial charge in [-0.3, -0.25) is 10.1 Å². The first-order valence-electron chi connectivity index (χ1n) is 8.44. The van der Waals surface area contributed by atoms with Crippen LogP contribution in [0, 0.1) is 6.92 Å². The number of carbonyl (C=O) groups excluding carboxylic acids is 1. The SMILES string of the molecule is Cc1nc(NC(=O)c2ccc(-n3cnnn3)cc2)sc1Cc1cccc(Cl)c1. The van der Waals surface area contributed by atoms with Crippen molar-refractivity contribution in [2.45, 2.75) is 13.3 Å². The molecule has 0 atom stereocenters.